The van der Waals surface area contributed by atoms with Gasteiger partial charge < -0.3 is 4.74 Å². The number of benzene rings is 2. The molecular weight excluding hydrogens is 248 g/mol. The lowest BCUT2D eigenvalue weighted by Crippen LogP contribution is -1.95. The second-order valence-corrected chi connectivity index (χ2v) is 4.61. The van der Waals surface area contributed by atoms with Crippen LogP contribution in [0.2, 0.25) is 0 Å². The zero-order valence-electron chi connectivity index (χ0n) is 11.6. The van der Waals surface area contributed by atoms with Crippen LogP contribution in [0.15, 0.2) is 60.9 Å². The van der Waals surface area contributed by atoms with Crippen molar-refractivity contribution in [2.75, 3.05) is 7.11 Å². The zero-order chi connectivity index (χ0) is 13.9. The van der Waals surface area contributed by atoms with Crippen molar-refractivity contribution in [3.63, 3.8) is 0 Å². The Morgan fingerprint density at radius 1 is 0.950 bits per heavy atom. The van der Waals surface area contributed by atoms with E-state index in [1.807, 2.05) is 43.6 Å². The number of methoxy groups -OCH3 is 1. The molecule has 0 bridgehead atoms. The van der Waals surface area contributed by atoms with Crippen LogP contribution in [0.5, 0.6) is 5.75 Å². The minimum absolute atomic E-state index is 0.858. The first-order chi connectivity index (χ1) is 9.79. The molecule has 1 heterocycles. The number of hydrogen-bond acceptors (Lipinski definition) is 2. The SMILES string of the molecule is COc1ccc(-c2c(C)ncn2-c2ccccc2)cc1. The Hall–Kier alpha value is -2.55. The summed E-state index contributed by atoms with van der Waals surface area (Å²) in [6.07, 6.45) is 1.87. The van der Waals surface area contributed by atoms with E-state index < -0.39 is 0 Å². The molecule has 0 aliphatic carbocycles. The van der Waals surface area contributed by atoms with Crippen molar-refractivity contribution >= 4 is 0 Å². The van der Waals surface area contributed by atoms with Crippen LogP contribution in [-0.4, -0.2) is 16.7 Å². The molecule has 3 nitrogen and oxygen atoms in total. The molecule has 0 saturated carbocycles. The third-order valence-electron chi connectivity index (χ3n) is 3.35. The highest BCUT2D eigenvalue weighted by Gasteiger charge is 2.11. The van der Waals surface area contributed by atoms with Crippen LogP contribution in [0.3, 0.4) is 0 Å². The fourth-order valence-corrected chi connectivity index (χ4v) is 2.32. The predicted octanol–water partition coefficient (Wildman–Crippen LogP) is 3.86. The number of aromatic nitrogens is 2. The zero-order valence-corrected chi connectivity index (χ0v) is 11.6. The molecule has 0 saturated heterocycles. The molecule has 3 heteroatoms. The molecule has 20 heavy (non-hydrogen) atoms. The highest BCUT2D eigenvalue weighted by Crippen LogP contribution is 2.27. The summed E-state index contributed by atoms with van der Waals surface area (Å²) in [5, 5.41) is 0. The van der Waals surface area contributed by atoms with E-state index in [9.17, 15) is 0 Å². The summed E-state index contributed by atoms with van der Waals surface area (Å²) in [5.41, 5.74) is 4.36. The lowest BCUT2D eigenvalue weighted by atomic mass is 10.1. The third-order valence-corrected chi connectivity index (χ3v) is 3.35. The lowest BCUT2D eigenvalue weighted by Gasteiger charge is -2.10. The highest BCUT2D eigenvalue weighted by atomic mass is 16.5. The number of rotatable bonds is 3. The Balaban J connectivity index is 2.11. The van der Waals surface area contributed by atoms with Gasteiger partial charge in [0.05, 0.1) is 24.8 Å². The smallest absolute Gasteiger partial charge is 0.118 e. The van der Waals surface area contributed by atoms with Gasteiger partial charge in [0.15, 0.2) is 0 Å². The number of ether oxygens (including phenoxy) is 1. The molecule has 0 unspecified atom stereocenters. The van der Waals surface area contributed by atoms with E-state index in [4.69, 9.17) is 4.74 Å². The van der Waals surface area contributed by atoms with E-state index in [2.05, 4.69) is 33.8 Å². The average molecular weight is 264 g/mol. The Kier molecular flexibility index (Phi) is 3.25. The first-order valence-corrected chi connectivity index (χ1v) is 6.53. The van der Waals surface area contributed by atoms with E-state index in [1.54, 1.807) is 7.11 Å². The van der Waals surface area contributed by atoms with Crippen LogP contribution in [0, 0.1) is 6.92 Å². The molecule has 100 valence electrons. The van der Waals surface area contributed by atoms with Crippen molar-refractivity contribution in [3.05, 3.63) is 66.6 Å². The molecule has 1 aromatic heterocycles. The molecule has 2 aromatic carbocycles. The molecule has 3 aromatic rings. The van der Waals surface area contributed by atoms with Crippen LogP contribution in [-0.2, 0) is 0 Å². The number of hydrogen-bond donors (Lipinski definition) is 0. The summed E-state index contributed by atoms with van der Waals surface area (Å²) in [4.78, 5) is 4.44. The van der Waals surface area contributed by atoms with Gasteiger partial charge in [0.2, 0.25) is 0 Å². The molecule has 0 amide bonds. The van der Waals surface area contributed by atoms with Crippen LogP contribution >= 0.6 is 0 Å². The lowest BCUT2D eigenvalue weighted by molar-refractivity contribution is 0.415. The van der Waals surface area contributed by atoms with Gasteiger partial charge in [-0.3, -0.25) is 4.57 Å². The van der Waals surface area contributed by atoms with Gasteiger partial charge >= 0.3 is 0 Å². The average Bonchev–Trinajstić information content (AvgIpc) is 2.90. The summed E-state index contributed by atoms with van der Waals surface area (Å²) >= 11 is 0. The first-order valence-electron chi connectivity index (χ1n) is 6.53. The van der Waals surface area contributed by atoms with Gasteiger partial charge in [-0.05, 0) is 43.3 Å². The molecule has 0 spiro atoms. The van der Waals surface area contributed by atoms with Gasteiger partial charge in [-0.15, -0.1) is 0 Å². The second-order valence-electron chi connectivity index (χ2n) is 4.61. The standard InChI is InChI=1S/C17H16N2O/c1-13-17(14-8-10-16(20-2)11-9-14)19(12-18-13)15-6-4-3-5-7-15/h3-12H,1-2H3. The van der Waals surface area contributed by atoms with Crippen LogP contribution in [0.1, 0.15) is 5.69 Å². The van der Waals surface area contributed by atoms with E-state index in [-0.39, 0.29) is 0 Å². The van der Waals surface area contributed by atoms with Crippen molar-refractivity contribution in [1.82, 2.24) is 9.55 Å². The van der Waals surface area contributed by atoms with E-state index in [0.29, 0.717) is 0 Å². The van der Waals surface area contributed by atoms with Crippen LogP contribution < -0.4 is 4.74 Å². The fraction of sp³-hybridized carbons (Fsp3) is 0.118. The van der Waals surface area contributed by atoms with E-state index >= 15 is 0 Å². The van der Waals surface area contributed by atoms with Crippen molar-refractivity contribution in [2.45, 2.75) is 6.92 Å². The van der Waals surface area contributed by atoms with E-state index in [0.717, 1.165) is 28.4 Å². The summed E-state index contributed by atoms with van der Waals surface area (Å²) in [7, 11) is 1.68. The first kappa shape index (κ1) is 12.5. The summed E-state index contributed by atoms with van der Waals surface area (Å²) in [6.45, 7) is 2.03. The number of nitrogens with zero attached hydrogens (tertiary/aromatic N) is 2. The van der Waals surface area contributed by atoms with Gasteiger partial charge in [-0.1, -0.05) is 18.2 Å². The quantitative estimate of drug-likeness (QED) is 0.718. The minimum atomic E-state index is 0.858. The fourth-order valence-electron chi connectivity index (χ4n) is 2.32. The van der Waals surface area contributed by atoms with Crippen LogP contribution in [0.25, 0.3) is 16.9 Å². The highest BCUT2D eigenvalue weighted by molar-refractivity contribution is 5.65. The van der Waals surface area contributed by atoms with Gasteiger partial charge in [-0.2, -0.15) is 0 Å². The largest absolute Gasteiger partial charge is 0.497 e. The Bertz CT molecular complexity index is 700. The summed E-state index contributed by atoms with van der Waals surface area (Å²) < 4.78 is 7.32. The van der Waals surface area contributed by atoms with Crippen LogP contribution in [0.4, 0.5) is 0 Å². The summed E-state index contributed by atoms with van der Waals surface area (Å²) in [5.74, 6) is 0.858. The maximum atomic E-state index is 5.21. The van der Waals surface area contributed by atoms with E-state index in [1.165, 1.54) is 0 Å². The molecule has 0 radical (unpaired) electrons. The molecule has 0 N–H and O–H groups in total. The molecule has 0 fully saturated rings. The van der Waals surface area contributed by atoms with Gasteiger partial charge in [0, 0.05) is 11.3 Å². The third kappa shape index (κ3) is 2.18. The van der Waals surface area contributed by atoms with Gasteiger partial charge in [0.25, 0.3) is 0 Å². The maximum Gasteiger partial charge on any atom is 0.118 e. The molecule has 0 aliphatic rings. The molecule has 0 aliphatic heterocycles. The van der Waals surface area contributed by atoms with Crippen molar-refractivity contribution in [3.8, 4) is 22.7 Å². The van der Waals surface area contributed by atoms with Gasteiger partial charge in [0.1, 0.15) is 5.75 Å². The number of aryl methyl sites for hydroxylation is 1. The van der Waals surface area contributed by atoms with Crippen molar-refractivity contribution in [2.24, 2.45) is 0 Å². The minimum Gasteiger partial charge on any atom is -0.497 e. The Morgan fingerprint density at radius 3 is 2.30 bits per heavy atom. The second kappa shape index (κ2) is 5.21. The van der Waals surface area contributed by atoms with Gasteiger partial charge in [-0.25, -0.2) is 4.98 Å². The number of para-hydroxylation sites is 1. The molecule has 0 atom stereocenters. The van der Waals surface area contributed by atoms with Crippen molar-refractivity contribution < 1.29 is 4.74 Å². The summed E-state index contributed by atoms with van der Waals surface area (Å²) in [6, 6.07) is 18.3. The monoisotopic (exact) mass is 264 g/mol. The van der Waals surface area contributed by atoms with Crippen molar-refractivity contribution in [1.29, 1.82) is 0 Å². The molecular formula is C17H16N2O. The maximum absolute atomic E-state index is 5.21. The predicted molar refractivity (Wildman–Crippen MR) is 80.3 cm³/mol. The Morgan fingerprint density at radius 2 is 1.65 bits per heavy atom. The molecule has 3 rings (SSSR count). The number of imidazole rings is 1. The normalized spacial score (nSPS) is 10.5. The topological polar surface area (TPSA) is 27.1 Å². The Labute approximate surface area is 118 Å².